The highest BCUT2D eigenvalue weighted by Gasteiger charge is 2.27. The number of anilines is 1. The van der Waals surface area contributed by atoms with Gasteiger partial charge in [-0.1, -0.05) is 12.1 Å². The van der Waals surface area contributed by atoms with Crippen molar-refractivity contribution in [1.29, 1.82) is 0 Å². The Hall–Kier alpha value is -0.940. The number of halogens is 4. The average molecular weight is 242 g/mol. The molecule has 0 aromatic heterocycles. The fraction of sp³-hybridized carbons (Fsp3) is 0.333. The predicted molar refractivity (Wildman–Crippen MR) is 53.8 cm³/mol. The summed E-state index contributed by atoms with van der Waals surface area (Å²) in [5, 5.41) is 0. The van der Waals surface area contributed by atoms with E-state index in [0.717, 1.165) is 0 Å². The van der Waals surface area contributed by atoms with Gasteiger partial charge in [0.25, 0.3) is 0 Å². The molecule has 6 heteroatoms. The van der Waals surface area contributed by atoms with Crippen LogP contribution < -0.4 is 5.73 Å². The summed E-state index contributed by atoms with van der Waals surface area (Å²) in [5.41, 5.74) is 6.65. The number of hydrogen-bond acceptors (Lipinski definition) is 2. The van der Waals surface area contributed by atoms with Crippen LogP contribution in [0.1, 0.15) is 5.56 Å². The van der Waals surface area contributed by atoms with E-state index in [2.05, 4.69) is 4.74 Å². The van der Waals surface area contributed by atoms with Crippen molar-refractivity contribution in [3.63, 3.8) is 0 Å². The van der Waals surface area contributed by atoms with Crippen LogP contribution in [0.4, 0.5) is 18.9 Å². The maximum absolute atomic E-state index is 11.7. The molecule has 0 aliphatic carbocycles. The molecule has 0 bridgehead atoms. The SMILES string of the molecule is Cl.Nc1ccc(COCC(F)(F)F)cc1. The molecule has 2 N–H and O–H groups in total. The van der Waals surface area contributed by atoms with E-state index in [1.165, 1.54) is 0 Å². The van der Waals surface area contributed by atoms with Gasteiger partial charge in [0, 0.05) is 5.69 Å². The van der Waals surface area contributed by atoms with Gasteiger partial charge in [0.1, 0.15) is 6.61 Å². The lowest BCUT2D eigenvalue weighted by molar-refractivity contribution is -0.176. The molecule has 0 aliphatic heterocycles. The molecule has 15 heavy (non-hydrogen) atoms. The zero-order valence-electron chi connectivity index (χ0n) is 7.75. The minimum absolute atomic E-state index is 0. The van der Waals surface area contributed by atoms with Gasteiger partial charge in [-0.2, -0.15) is 13.2 Å². The molecule has 0 spiro atoms. The van der Waals surface area contributed by atoms with Gasteiger partial charge in [0.05, 0.1) is 6.61 Å². The normalized spacial score (nSPS) is 10.9. The number of ether oxygens (including phenoxy) is 1. The second-order valence-corrected chi connectivity index (χ2v) is 2.85. The van der Waals surface area contributed by atoms with Crippen LogP contribution in [0, 0.1) is 0 Å². The molecule has 2 nitrogen and oxygen atoms in total. The molecule has 1 rings (SSSR count). The van der Waals surface area contributed by atoms with Crippen molar-refractivity contribution in [2.45, 2.75) is 12.8 Å². The zero-order chi connectivity index (χ0) is 10.6. The third-order valence-corrected chi connectivity index (χ3v) is 1.51. The Labute approximate surface area is 91.6 Å². The Morgan fingerprint density at radius 3 is 2.13 bits per heavy atom. The van der Waals surface area contributed by atoms with E-state index >= 15 is 0 Å². The molecule has 0 atom stereocenters. The maximum Gasteiger partial charge on any atom is 0.411 e. The van der Waals surface area contributed by atoms with Crippen molar-refractivity contribution >= 4 is 18.1 Å². The summed E-state index contributed by atoms with van der Waals surface area (Å²) in [4.78, 5) is 0. The van der Waals surface area contributed by atoms with Gasteiger partial charge in [0.15, 0.2) is 0 Å². The fourth-order valence-electron chi connectivity index (χ4n) is 0.898. The molecule has 86 valence electrons. The first kappa shape index (κ1) is 14.1. The van der Waals surface area contributed by atoms with Gasteiger partial charge in [0.2, 0.25) is 0 Å². The Balaban J connectivity index is 0.00000196. The van der Waals surface area contributed by atoms with Crippen LogP contribution in [0.2, 0.25) is 0 Å². The summed E-state index contributed by atoms with van der Waals surface area (Å²) in [6, 6.07) is 6.50. The molecule has 1 aromatic rings. The fourth-order valence-corrected chi connectivity index (χ4v) is 0.898. The van der Waals surface area contributed by atoms with Gasteiger partial charge in [-0.3, -0.25) is 0 Å². The van der Waals surface area contributed by atoms with E-state index in [-0.39, 0.29) is 19.0 Å². The minimum atomic E-state index is -4.27. The third kappa shape index (κ3) is 6.19. The Bertz CT molecular complexity index is 286. The first-order valence-corrected chi connectivity index (χ1v) is 3.96. The summed E-state index contributed by atoms with van der Waals surface area (Å²) in [6.07, 6.45) is -4.27. The van der Waals surface area contributed by atoms with Crippen molar-refractivity contribution in [3.8, 4) is 0 Å². The second kappa shape index (κ2) is 5.82. The monoisotopic (exact) mass is 241 g/mol. The molecule has 1 aromatic carbocycles. The smallest absolute Gasteiger partial charge is 0.399 e. The predicted octanol–water partition coefficient (Wildman–Crippen LogP) is 2.77. The molecule has 0 saturated carbocycles. The van der Waals surface area contributed by atoms with Crippen molar-refractivity contribution in [2.24, 2.45) is 0 Å². The minimum Gasteiger partial charge on any atom is -0.399 e. The Morgan fingerprint density at radius 2 is 1.67 bits per heavy atom. The third-order valence-electron chi connectivity index (χ3n) is 1.51. The molecule has 0 heterocycles. The lowest BCUT2D eigenvalue weighted by Crippen LogP contribution is -2.16. The Morgan fingerprint density at radius 1 is 1.13 bits per heavy atom. The van der Waals surface area contributed by atoms with E-state index in [4.69, 9.17) is 5.73 Å². The van der Waals surface area contributed by atoms with Gasteiger partial charge in [-0.15, -0.1) is 12.4 Å². The first-order chi connectivity index (χ1) is 6.47. The van der Waals surface area contributed by atoms with Crippen LogP contribution in [0.5, 0.6) is 0 Å². The highest BCUT2D eigenvalue weighted by atomic mass is 35.5. The summed E-state index contributed by atoms with van der Waals surface area (Å²) in [5.74, 6) is 0. The largest absolute Gasteiger partial charge is 0.411 e. The molecule has 0 amide bonds. The quantitative estimate of drug-likeness (QED) is 0.826. The van der Waals surface area contributed by atoms with Crippen LogP contribution in [0.15, 0.2) is 24.3 Å². The van der Waals surface area contributed by atoms with Gasteiger partial charge in [-0.05, 0) is 17.7 Å². The maximum atomic E-state index is 11.7. The van der Waals surface area contributed by atoms with Gasteiger partial charge >= 0.3 is 6.18 Å². The van der Waals surface area contributed by atoms with Crippen LogP contribution >= 0.6 is 12.4 Å². The van der Waals surface area contributed by atoms with Crippen molar-refractivity contribution in [1.82, 2.24) is 0 Å². The van der Waals surface area contributed by atoms with Crippen molar-refractivity contribution < 1.29 is 17.9 Å². The highest BCUT2D eigenvalue weighted by molar-refractivity contribution is 5.85. The highest BCUT2D eigenvalue weighted by Crippen LogP contribution is 2.15. The molecule has 0 saturated heterocycles. The van der Waals surface area contributed by atoms with Crippen molar-refractivity contribution in [2.75, 3.05) is 12.3 Å². The number of nitrogen functional groups attached to an aromatic ring is 1. The Kier molecular flexibility index (Phi) is 5.46. The molecular formula is C9H11ClF3NO. The zero-order valence-corrected chi connectivity index (χ0v) is 8.57. The van der Waals surface area contributed by atoms with Crippen LogP contribution in [0.3, 0.4) is 0 Å². The number of nitrogens with two attached hydrogens (primary N) is 1. The molecule has 0 radical (unpaired) electrons. The molecule has 0 unspecified atom stereocenters. The van der Waals surface area contributed by atoms with E-state index < -0.39 is 12.8 Å². The standard InChI is InChI=1S/C9H10F3NO.ClH/c10-9(11,12)6-14-5-7-1-3-8(13)4-2-7;/h1-4H,5-6,13H2;1H. The molecular weight excluding hydrogens is 231 g/mol. The second-order valence-electron chi connectivity index (χ2n) is 2.85. The summed E-state index contributed by atoms with van der Waals surface area (Å²) >= 11 is 0. The number of hydrogen-bond donors (Lipinski definition) is 1. The van der Waals surface area contributed by atoms with E-state index in [1.807, 2.05) is 0 Å². The van der Waals surface area contributed by atoms with E-state index in [1.54, 1.807) is 24.3 Å². The number of benzene rings is 1. The summed E-state index contributed by atoms with van der Waals surface area (Å²) in [7, 11) is 0. The summed E-state index contributed by atoms with van der Waals surface area (Å²) < 4.78 is 39.5. The molecule has 0 aliphatic rings. The average Bonchev–Trinajstić information content (AvgIpc) is 2.06. The van der Waals surface area contributed by atoms with Crippen LogP contribution in [-0.4, -0.2) is 12.8 Å². The van der Waals surface area contributed by atoms with E-state index in [0.29, 0.717) is 11.3 Å². The number of rotatable bonds is 3. The topological polar surface area (TPSA) is 35.2 Å². The number of alkyl halides is 3. The van der Waals surface area contributed by atoms with Crippen LogP contribution in [0.25, 0.3) is 0 Å². The first-order valence-electron chi connectivity index (χ1n) is 3.96. The van der Waals surface area contributed by atoms with E-state index in [9.17, 15) is 13.2 Å². The van der Waals surface area contributed by atoms with Gasteiger partial charge < -0.3 is 10.5 Å². The molecule has 0 fully saturated rings. The summed E-state index contributed by atoms with van der Waals surface area (Å²) in [6.45, 7) is -1.28. The lowest BCUT2D eigenvalue weighted by atomic mass is 10.2. The van der Waals surface area contributed by atoms with Crippen molar-refractivity contribution in [3.05, 3.63) is 29.8 Å². The lowest BCUT2D eigenvalue weighted by Gasteiger charge is -2.07. The van der Waals surface area contributed by atoms with Crippen LogP contribution in [-0.2, 0) is 11.3 Å². The van der Waals surface area contributed by atoms with Gasteiger partial charge in [-0.25, -0.2) is 0 Å².